The van der Waals surface area contributed by atoms with Crippen LogP contribution in [0.25, 0.3) is 0 Å². The Bertz CT molecular complexity index is 780. The minimum atomic E-state index is -3.48. The van der Waals surface area contributed by atoms with Crippen LogP contribution in [0.4, 0.5) is 0 Å². The van der Waals surface area contributed by atoms with Crippen LogP contribution in [0.15, 0.2) is 46.0 Å². The number of nitrogens with one attached hydrogen (secondary N) is 1. The lowest BCUT2D eigenvalue weighted by atomic mass is 10.2. The number of sulfonamides is 1. The van der Waals surface area contributed by atoms with E-state index in [1.165, 1.54) is 15.6 Å². The molecule has 1 aromatic heterocycles. The molecule has 3 rings (SSSR count). The van der Waals surface area contributed by atoms with Crippen LogP contribution in [-0.4, -0.2) is 44.9 Å². The third-order valence-corrected chi connectivity index (χ3v) is 6.36. The van der Waals surface area contributed by atoms with Gasteiger partial charge < -0.3 is 10.1 Å². The van der Waals surface area contributed by atoms with Gasteiger partial charge in [0.05, 0.1) is 18.1 Å². The lowest BCUT2D eigenvalue weighted by molar-refractivity contribution is 0.0730. The lowest BCUT2D eigenvalue weighted by Crippen LogP contribution is -2.40. The molecule has 1 aromatic carbocycles. The number of thiophene rings is 1. The average Bonchev–Trinajstić information content (AvgIpc) is 3.15. The number of hydrogen-bond donors (Lipinski definition) is 1. The zero-order chi connectivity index (χ0) is 17.0. The fraction of sp³-hybridized carbons (Fsp3) is 0.312. The Balaban J connectivity index is 1.63. The second-order valence-corrected chi connectivity index (χ2v) is 8.07. The fourth-order valence-corrected chi connectivity index (χ4v) is 4.44. The predicted octanol–water partition coefficient (Wildman–Crippen LogP) is 1.70. The van der Waals surface area contributed by atoms with Gasteiger partial charge in [-0.3, -0.25) is 4.79 Å². The summed E-state index contributed by atoms with van der Waals surface area (Å²) in [7, 11) is -3.48. The number of hydrogen-bond acceptors (Lipinski definition) is 5. The van der Waals surface area contributed by atoms with E-state index >= 15 is 0 Å². The predicted molar refractivity (Wildman–Crippen MR) is 91.5 cm³/mol. The zero-order valence-corrected chi connectivity index (χ0v) is 14.6. The Hall–Kier alpha value is -1.74. The number of carbonyl (C=O) groups excluding carboxylic acids is 1. The number of benzene rings is 1. The molecule has 0 radical (unpaired) electrons. The van der Waals surface area contributed by atoms with Crippen molar-refractivity contribution in [3.8, 4) is 0 Å². The van der Waals surface area contributed by atoms with Gasteiger partial charge in [0.1, 0.15) is 0 Å². The summed E-state index contributed by atoms with van der Waals surface area (Å²) in [5.41, 5.74) is 1.48. The van der Waals surface area contributed by atoms with Gasteiger partial charge in [-0.2, -0.15) is 15.6 Å². The van der Waals surface area contributed by atoms with Crippen LogP contribution in [0, 0.1) is 0 Å². The molecule has 128 valence electrons. The van der Waals surface area contributed by atoms with E-state index in [2.05, 4.69) is 5.32 Å². The van der Waals surface area contributed by atoms with Crippen molar-refractivity contribution in [2.45, 2.75) is 11.4 Å². The number of ether oxygens (including phenoxy) is 1. The number of nitrogens with zero attached hydrogens (tertiary/aromatic N) is 1. The van der Waals surface area contributed by atoms with E-state index in [0.717, 1.165) is 5.56 Å². The second kappa shape index (κ2) is 7.43. The Labute approximate surface area is 145 Å². The molecule has 2 heterocycles. The van der Waals surface area contributed by atoms with Crippen LogP contribution in [-0.2, 0) is 21.3 Å². The topological polar surface area (TPSA) is 75.7 Å². The van der Waals surface area contributed by atoms with Crippen LogP contribution in [0.3, 0.4) is 0 Å². The van der Waals surface area contributed by atoms with Gasteiger partial charge in [0.15, 0.2) is 0 Å². The van der Waals surface area contributed by atoms with Crippen LogP contribution < -0.4 is 5.32 Å². The average molecular weight is 366 g/mol. The van der Waals surface area contributed by atoms with Crippen LogP contribution >= 0.6 is 11.3 Å². The van der Waals surface area contributed by atoms with E-state index in [1.54, 1.807) is 35.7 Å². The SMILES string of the molecule is O=C(NCc1ccc(S(=O)(=O)N2CCOCC2)cc1)c1ccsc1. The first-order valence-electron chi connectivity index (χ1n) is 7.54. The van der Waals surface area contributed by atoms with Gasteiger partial charge in [-0.05, 0) is 29.1 Å². The largest absolute Gasteiger partial charge is 0.379 e. The van der Waals surface area contributed by atoms with Crippen molar-refractivity contribution < 1.29 is 17.9 Å². The Kier molecular flexibility index (Phi) is 5.30. The molecule has 1 aliphatic heterocycles. The minimum Gasteiger partial charge on any atom is -0.379 e. The Morgan fingerprint density at radius 1 is 1.17 bits per heavy atom. The van der Waals surface area contributed by atoms with Crippen molar-refractivity contribution in [1.82, 2.24) is 9.62 Å². The first kappa shape index (κ1) is 17.1. The van der Waals surface area contributed by atoms with Crippen molar-refractivity contribution in [2.75, 3.05) is 26.3 Å². The summed E-state index contributed by atoms with van der Waals surface area (Å²) in [6, 6.07) is 8.37. The fourth-order valence-electron chi connectivity index (χ4n) is 2.39. The smallest absolute Gasteiger partial charge is 0.252 e. The number of amides is 1. The van der Waals surface area contributed by atoms with Gasteiger partial charge in [0, 0.05) is 30.6 Å². The highest BCUT2D eigenvalue weighted by Crippen LogP contribution is 2.17. The highest BCUT2D eigenvalue weighted by Gasteiger charge is 2.26. The van der Waals surface area contributed by atoms with Gasteiger partial charge in [-0.25, -0.2) is 8.42 Å². The number of morpholine rings is 1. The molecule has 0 saturated carbocycles. The maximum atomic E-state index is 12.5. The van der Waals surface area contributed by atoms with E-state index in [0.29, 0.717) is 38.4 Å². The van der Waals surface area contributed by atoms with E-state index in [4.69, 9.17) is 4.74 Å². The number of carbonyl (C=O) groups is 1. The maximum Gasteiger partial charge on any atom is 0.252 e. The van der Waals surface area contributed by atoms with E-state index in [9.17, 15) is 13.2 Å². The van der Waals surface area contributed by atoms with Gasteiger partial charge in [-0.1, -0.05) is 12.1 Å². The summed E-state index contributed by atoms with van der Waals surface area (Å²) >= 11 is 1.47. The molecule has 6 nitrogen and oxygen atoms in total. The van der Waals surface area contributed by atoms with Crippen molar-refractivity contribution >= 4 is 27.3 Å². The first-order chi connectivity index (χ1) is 11.6. The maximum absolute atomic E-state index is 12.5. The molecule has 24 heavy (non-hydrogen) atoms. The van der Waals surface area contributed by atoms with Gasteiger partial charge in [0.25, 0.3) is 5.91 Å². The molecule has 0 bridgehead atoms. The monoisotopic (exact) mass is 366 g/mol. The normalized spacial score (nSPS) is 16.0. The molecule has 1 aliphatic rings. The molecule has 1 saturated heterocycles. The standard InChI is InChI=1S/C16H18N2O4S2/c19-16(14-5-10-23-12-14)17-11-13-1-3-15(4-2-13)24(20,21)18-6-8-22-9-7-18/h1-5,10,12H,6-9,11H2,(H,17,19). The lowest BCUT2D eigenvalue weighted by Gasteiger charge is -2.26. The summed E-state index contributed by atoms with van der Waals surface area (Å²) in [6.45, 7) is 1.95. The van der Waals surface area contributed by atoms with E-state index in [-0.39, 0.29) is 10.8 Å². The summed E-state index contributed by atoms with van der Waals surface area (Å²) in [4.78, 5) is 12.2. The first-order valence-corrected chi connectivity index (χ1v) is 9.93. The summed E-state index contributed by atoms with van der Waals surface area (Å²) < 4.78 is 31.7. The van der Waals surface area contributed by atoms with Crippen molar-refractivity contribution in [1.29, 1.82) is 0 Å². The number of rotatable bonds is 5. The quantitative estimate of drug-likeness (QED) is 0.874. The Morgan fingerprint density at radius 2 is 1.88 bits per heavy atom. The van der Waals surface area contributed by atoms with Gasteiger partial charge in [0.2, 0.25) is 10.0 Å². The van der Waals surface area contributed by atoms with Gasteiger partial charge >= 0.3 is 0 Å². The van der Waals surface area contributed by atoms with Crippen LogP contribution in [0.1, 0.15) is 15.9 Å². The molecular weight excluding hydrogens is 348 g/mol. The molecule has 1 fully saturated rings. The molecule has 0 aliphatic carbocycles. The van der Waals surface area contributed by atoms with Gasteiger partial charge in [-0.15, -0.1) is 0 Å². The zero-order valence-electron chi connectivity index (χ0n) is 13.0. The summed E-state index contributed by atoms with van der Waals surface area (Å²) in [6.07, 6.45) is 0. The van der Waals surface area contributed by atoms with E-state index in [1.807, 2.05) is 5.38 Å². The van der Waals surface area contributed by atoms with Crippen LogP contribution in [0.2, 0.25) is 0 Å². The molecule has 1 N–H and O–H groups in total. The molecule has 2 aromatic rings. The van der Waals surface area contributed by atoms with Crippen molar-refractivity contribution in [3.63, 3.8) is 0 Å². The molecular formula is C16H18N2O4S2. The minimum absolute atomic E-state index is 0.138. The third-order valence-electron chi connectivity index (χ3n) is 3.77. The summed E-state index contributed by atoms with van der Waals surface area (Å²) in [5, 5.41) is 6.45. The second-order valence-electron chi connectivity index (χ2n) is 5.36. The summed E-state index contributed by atoms with van der Waals surface area (Å²) in [5.74, 6) is -0.138. The molecule has 0 spiro atoms. The highest BCUT2D eigenvalue weighted by molar-refractivity contribution is 7.89. The molecule has 8 heteroatoms. The van der Waals surface area contributed by atoms with Crippen molar-refractivity contribution in [2.24, 2.45) is 0 Å². The molecule has 1 amide bonds. The van der Waals surface area contributed by atoms with Crippen molar-refractivity contribution in [3.05, 3.63) is 52.2 Å². The third kappa shape index (κ3) is 3.84. The highest BCUT2D eigenvalue weighted by atomic mass is 32.2. The molecule has 0 unspecified atom stereocenters. The Morgan fingerprint density at radius 3 is 2.50 bits per heavy atom. The van der Waals surface area contributed by atoms with E-state index < -0.39 is 10.0 Å². The molecule has 0 atom stereocenters. The van der Waals surface area contributed by atoms with Crippen LogP contribution in [0.5, 0.6) is 0 Å².